The minimum absolute atomic E-state index is 0.122. The number of imide groups is 1. The van der Waals surface area contributed by atoms with E-state index in [1.807, 2.05) is 18.3 Å². The second-order valence-corrected chi connectivity index (χ2v) is 3.97. The average molecular weight is 251 g/mol. The third kappa shape index (κ3) is 4.06. The molecular weight excluding hydrogens is 234 g/mol. The van der Waals surface area contributed by atoms with Gasteiger partial charge in [-0.3, -0.25) is 10.1 Å². The van der Waals surface area contributed by atoms with E-state index in [4.69, 9.17) is 16.2 Å². The number of benzene rings is 1. The van der Waals surface area contributed by atoms with E-state index in [-0.39, 0.29) is 6.04 Å². The number of nitrogens with one attached hydrogen (secondary N) is 1. The Bertz CT molecular complexity index is 446. The molecule has 0 saturated heterocycles. The fourth-order valence-electron chi connectivity index (χ4n) is 1.35. The fraction of sp³-hybridized carbons (Fsp3) is 0.333. The Morgan fingerprint density at radius 2 is 2.00 bits per heavy atom. The zero-order valence-electron chi connectivity index (χ0n) is 10.3. The van der Waals surface area contributed by atoms with Crippen LogP contribution in [0.4, 0.5) is 4.79 Å². The predicted octanol–water partition coefficient (Wildman–Crippen LogP) is 0.669. The Balaban J connectivity index is 2.69. The molecule has 0 aromatic heterocycles. The van der Waals surface area contributed by atoms with Crippen molar-refractivity contribution in [3.63, 3.8) is 0 Å². The van der Waals surface area contributed by atoms with Gasteiger partial charge in [0, 0.05) is 6.04 Å². The van der Waals surface area contributed by atoms with Gasteiger partial charge in [-0.1, -0.05) is 12.1 Å². The van der Waals surface area contributed by atoms with Gasteiger partial charge >= 0.3 is 6.03 Å². The highest BCUT2D eigenvalue weighted by Gasteiger charge is 2.16. The molecule has 0 aliphatic rings. The summed E-state index contributed by atoms with van der Waals surface area (Å²) >= 11 is 0. The first kappa shape index (κ1) is 14.0. The Hall–Kier alpha value is -2.08. The van der Waals surface area contributed by atoms with Gasteiger partial charge in [-0.25, -0.2) is 4.79 Å². The molecule has 2 unspecified atom stereocenters. The summed E-state index contributed by atoms with van der Waals surface area (Å²) in [5, 5.41) is 1.95. The fourth-order valence-corrected chi connectivity index (χ4v) is 1.35. The minimum atomic E-state index is -0.903. The molecule has 0 heterocycles. The lowest BCUT2D eigenvalue weighted by molar-refractivity contribution is -0.126. The molecule has 0 radical (unpaired) electrons. The van der Waals surface area contributed by atoms with Crippen LogP contribution in [0.2, 0.25) is 0 Å². The highest BCUT2D eigenvalue weighted by molar-refractivity contribution is 5.95. The van der Waals surface area contributed by atoms with Gasteiger partial charge in [-0.15, -0.1) is 0 Å². The van der Waals surface area contributed by atoms with Gasteiger partial charge in [0.2, 0.25) is 0 Å². The Kier molecular flexibility index (Phi) is 4.67. The van der Waals surface area contributed by atoms with Crippen molar-refractivity contribution in [1.29, 1.82) is 0 Å². The third-order valence-corrected chi connectivity index (χ3v) is 2.31. The lowest BCUT2D eigenvalue weighted by Gasteiger charge is -2.14. The van der Waals surface area contributed by atoms with Gasteiger partial charge < -0.3 is 16.2 Å². The van der Waals surface area contributed by atoms with E-state index in [9.17, 15) is 9.59 Å². The second kappa shape index (κ2) is 6.02. The average Bonchev–Trinajstić information content (AvgIpc) is 2.28. The van der Waals surface area contributed by atoms with E-state index in [0.717, 1.165) is 5.56 Å². The summed E-state index contributed by atoms with van der Waals surface area (Å²) in [7, 11) is 0. The van der Waals surface area contributed by atoms with Crippen molar-refractivity contribution in [3.8, 4) is 5.75 Å². The van der Waals surface area contributed by atoms with E-state index < -0.39 is 18.0 Å². The summed E-state index contributed by atoms with van der Waals surface area (Å²) in [5.41, 5.74) is 11.5. The second-order valence-electron chi connectivity index (χ2n) is 3.97. The van der Waals surface area contributed by atoms with Gasteiger partial charge in [-0.2, -0.15) is 0 Å². The third-order valence-electron chi connectivity index (χ3n) is 2.31. The van der Waals surface area contributed by atoms with Crippen molar-refractivity contribution in [2.75, 3.05) is 0 Å². The zero-order chi connectivity index (χ0) is 13.7. The van der Waals surface area contributed by atoms with E-state index in [1.165, 1.54) is 6.92 Å². The van der Waals surface area contributed by atoms with Gasteiger partial charge in [-0.05, 0) is 31.5 Å². The molecule has 0 aliphatic carbocycles. The summed E-state index contributed by atoms with van der Waals surface area (Å²) in [6, 6.07) is 6.08. The number of urea groups is 1. The molecule has 0 bridgehead atoms. The highest BCUT2D eigenvalue weighted by Crippen LogP contribution is 2.18. The molecule has 1 aromatic rings. The van der Waals surface area contributed by atoms with Crippen molar-refractivity contribution >= 4 is 11.9 Å². The molecule has 0 spiro atoms. The van der Waals surface area contributed by atoms with Gasteiger partial charge in [0.15, 0.2) is 6.10 Å². The molecule has 1 rings (SSSR count). The maximum atomic E-state index is 11.4. The zero-order valence-corrected chi connectivity index (χ0v) is 10.3. The van der Waals surface area contributed by atoms with Crippen molar-refractivity contribution in [3.05, 3.63) is 29.8 Å². The molecule has 6 nitrogen and oxygen atoms in total. The normalized spacial score (nSPS) is 13.5. The highest BCUT2D eigenvalue weighted by atomic mass is 16.5. The molecule has 0 saturated carbocycles. The number of rotatable bonds is 4. The lowest BCUT2D eigenvalue weighted by atomic mass is 10.1. The number of amides is 3. The number of hydrogen-bond donors (Lipinski definition) is 3. The molecule has 0 fully saturated rings. The van der Waals surface area contributed by atoms with Crippen LogP contribution in [0.25, 0.3) is 0 Å². The van der Waals surface area contributed by atoms with Crippen molar-refractivity contribution < 1.29 is 14.3 Å². The standard InChI is InChI=1S/C12H17N3O3/c1-7(13)9-4-3-5-10(6-9)18-8(2)11(16)15-12(14)17/h3-8H,13H2,1-2H3,(H3,14,15,16,17). The van der Waals surface area contributed by atoms with Crippen molar-refractivity contribution in [2.45, 2.75) is 26.0 Å². The Morgan fingerprint density at radius 1 is 1.33 bits per heavy atom. The molecule has 6 heteroatoms. The van der Waals surface area contributed by atoms with Crippen molar-refractivity contribution in [2.24, 2.45) is 11.5 Å². The molecular formula is C12H17N3O3. The number of hydrogen-bond acceptors (Lipinski definition) is 4. The molecule has 1 aromatic carbocycles. The Labute approximate surface area is 105 Å². The minimum Gasteiger partial charge on any atom is -0.481 e. The van der Waals surface area contributed by atoms with Crippen LogP contribution in [0.3, 0.4) is 0 Å². The summed E-state index contributed by atoms with van der Waals surface area (Å²) in [6.07, 6.45) is -0.819. The number of ether oxygens (including phenoxy) is 1. The van der Waals surface area contributed by atoms with Gasteiger partial charge in [0.25, 0.3) is 5.91 Å². The first-order valence-corrected chi connectivity index (χ1v) is 5.52. The molecule has 18 heavy (non-hydrogen) atoms. The molecule has 3 amide bonds. The van der Waals surface area contributed by atoms with Crippen LogP contribution >= 0.6 is 0 Å². The maximum Gasteiger partial charge on any atom is 0.318 e. The number of primary amides is 1. The molecule has 2 atom stereocenters. The van der Waals surface area contributed by atoms with E-state index in [0.29, 0.717) is 5.75 Å². The molecule has 0 aliphatic heterocycles. The first-order chi connectivity index (χ1) is 8.40. The predicted molar refractivity (Wildman–Crippen MR) is 66.9 cm³/mol. The van der Waals surface area contributed by atoms with Crippen LogP contribution in [-0.2, 0) is 4.79 Å². The van der Waals surface area contributed by atoms with Crippen LogP contribution in [0, 0.1) is 0 Å². The quantitative estimate of drug-likeness (QED) is 0.730. The SMILES string of the molecule is CC(Oc1cccc(C(C)N)c1)C(=O)NC(N)=O. The molecule has 98 valence electrons. The Morgan fingerprint density at radius 3 is 2.56 bits per heavy atom. The summed E-state index contributed by atoms with van der Waals surface area (Å²) < 4.78 is 5.39. The van der Waals surface area contributed by atoms with Gasteiger partial charge in [0.1, 0.15) is 5.75 Å². The van der Waals surface area contributed by atoms with Crippen LogP contribution in [0.5, 0.6) is 5.75 Å². The van der Waals surface area contributed by atoms with E-state index in [1.54, 1.807) is 18.2 Å². The lowest BCUT2D eigenvalue weighted by Crippen LogP contribution is -2.42. The van der Waals surface area contributed by atoms with E-state index in [2.05, 4.69) is 0 Å². The van der Waals surface area contributed by atoms with E-state index >= 15 is 0 Å². The maximum absolute atomic E-state index is 11.4. The van der Waals surface area contributed by atoms with Crippen LogP contribution < -0.4 is 21.5 Å². The summed E-state index contributed by atoms with van der Waals surface area (Å²) in [6.45, 7) is 3.37. The summed E-state index contributed by atoms with van der Waals surface area (Å²) in [5.74, 6) is -0.0781. The number of carbonyl (C=O) groups is 2. The van der Waals surface area contributed by atoms with Crippen molar-refractivity contribution in [1.82, 2.24) is 5.32 Å². The largest absolute Gasteiger partial charge is 0.481 e. The van der Waals surface area contributed by atoms with Crippen LogP contribution in [0.15, 0.2) is 24.3 Å². The summed E-state index contributed by atoms with van der Waals surface area (Å²) in [4.78, 5) is 21.9. The van der Waals surface area contributed by atoms with Crippen LogP contribution in [-0.4, -0.2) is 18.0 Å². The smallest absolute Gasteiger partial charge is 0.318 e. The van der Waals surface area contributed by atoms with Crippen LogP contribution in [0.1, 0.15) is 25.5 Å². The molecule has 5 N–H and O–H groups in total. The topological polar surface area (TPSA) is 107 Å². The van der Waals surface area contributed by atoms with Gasteiger partial charge in [0.05, 0.1) is 0 Å². The number of carbonyl (C=O) groups excluding carboxylic acids is 2. The first-order valence-electron chi connectivity index (χ1n) is 5.52. The monoisotopic (exact) mass is 251 g/mol. The number of nitrogens with two attached hydrogens (primary N) is 2.